The van der Waals surface area contributed by atoms with Crippen LogP contribution in [0.25, 0.3) is 0 Å². The van der Waals surface area contributed by atoms with E-state index in [1.807, 2.05) is 0 Å². The number of carboxylic acid groups (broad SMARTS) is 1. The Bertz CT molecular complexity index is 368. The SMILES string of the molecule is COc1ccc(C(N)CC(=O)O)c(Cl)c1. The van der Waals surface area contributed by atoms with Gasteiger partial charge < -0.3 is 15.6 Å². The zero-order valence-corrected chi connectivity index (χ0v) is 8.99. The van der Waals surface area contributed by atoms with Crippen molar-refractivity contribution < 1.29 is 14.6 Å². The van der Waals surface area contributed by atoms with Crippen molar-refractivity contribution in [1.29, 1.82) is 0 Å². The first-order valence-corrected chi connectivity index (χ1v) is 4.73. The molecule has 5 heteroatoms. The topological polar surface area (TPSA) is 72.5 Å². The fourth-order valence-corrected chi connectivity index (χ4v) is 1.54. The number of ether oxygens (including phenoxy) is 1. The van der Waals surface area contributed by atoms with Gasteiger partial charge in [0.2, 0.25) is 0 Å². The van der Waals surface area contributed by atoms with Crippen LogP contribution in [0.3, 0.4) is 0 Å². The van der Waals surface area contributed by atoms with E-state index in [0.29, 0.717) is 16.3 Å². The van der Waals surface area contributed by atoms with Crippen LogP contribution >= 0.6 is 11.6 Å². The molecule has 0 saturated carbocycles. The molecule has 0 aromatic heterocycles. The summed E-state index contributed by atoms with van der Waals surface area (Å²) in [4.78, 5) is 10.5. The van der Waals surface area contributed by atoms with Gasteiger partial charge in [-0.05, 0) is 17.7 Å². The van der Waals surface area contributed by atoms with Gasteiger partial charge in [0.25, 0.3) is 0 Å². The molecule has 1 unspecified atom stereocenters. The lowest BCUT2D eigenvalue weighted by Gasteiger charge is -2.12. The first kappa shape index (κ1) is 11.8. The summed E-state index contributed by atoms with van der Waals surface area (Å²) < 4.78 is 4.97. The molecule has 1 aromatic carbocycles. The monoisotopic (exact) mass is 229 g/mol. The van der Waals surface area contributed by atoms with Crippen LogP contribution in [0.15, 0.2) is 18.2 Å². The number of nitrogens with two attached hydrogens (primary N) is 1. The van der Waals surface area contributed by atoms with Gasteiger partial charge in [-0.1, -0.05) is 17.7 Å². The molecule has 1 rings (SSSR count). The second kappa shape index (κ2) is 5.00. The van der Waals surface area contributed by atoms with Crippen molar-refractivity contribution in [2.75, 3.05) is 7.11 Å². The molecule has 0 aliphatic carbocycles. The number of carbonyl (C=O) groups is 1. The van der Waals surface area contributed by atoms with Crippen molar-refractivity contribution in [2.24, 2.45) is 5.73 Å². The van der Waals surface area contributed by atoms with Crippen molar-refractivity contribution in [3.63, 3.8) is 0 Å². The minimum atomic E-state index is -0.950. The predicted molar refractivity (Wildman–Crippen MR) is 57.2 cm³/mol. The minimum Gasteiger partial charge on any atom is -0.497 e. The number of benzene rings is 1. The normalized spacial score (nSPS) is 12.2. The Kier molecular flexibility index (Phi) is 3.94. The molecule has 4 nitrogen and oxygen atoms in total. The number of carboxylic acids is 1. The van der Waals surface area contributed by atoms with Gasteiger partial charge in [0.15, 0.2) is 0 Å². The fourth-order valence-electron chi connectivity index (χ4n) is 1.23. The van der Waals surface area contributed by atoms with E-state index in [-0.39, 0.29) is 6.42 Å². The Morgan fingerprint density at radius 2 is 2.33 bits per heavy atom. The Morgan fingerprint density at radius 3 is 2.80 bits per heavy atom. The summed E-state index contributed by atoms with van der Waals surface area (Å²) in [5.74, 6) is -0.333. The Balaban J connectivity index is 2.90. The summed E-state index contributed by atoms with van der Waals surface area (Å²) in [6, 6.07) is 4.39. The van der Waals surface area contributed by atoms with Gasteiger partial charge in [0.05, 0.1) is 13.5 Å². The van der Waals surface area contributed by atoms with Crippen molar-refractivity contribution in [3.05, 3.63) is 28.8 Å². The van der Waals surface area contributed by atoms with Crippen LogP contribution < -0.4 is 10.5 Å². The third-order valence-corrected chi connectivity index (χ3v) is 2.33. The summed E-state index contributed by atoms with van der Waals surface area (Å²) in [7, 11) is 1.53. The average molecular weight is 230 g/mol. The van der Waals surface area contributed by atoms with Crippen LogP contribution in [0.5, 0.6) is 5.75 Å². The summed E-state index contributed by atoms with van der Waals surface area (Å²) in [6.45, 7) is 0. The molecule has 0 amide bonds. The predicted octanol–water partition coefficient (Wildman–Crippen LogP) is 1.82. The van der Waals surface area contributed by atoms with Crippen LogP contribution in [0.4, 0.5) is 0 Å². The van der Waals surface area contributed by atoms with Gasteiger partial charge in [-0.2, -0.15) is 0 Å². The summed E-state index contributed by atoms with van der Waals surface area (Å²) in [6.07, 6.45) is -0.147. The lowest BCUT2D eigenvalue weighted by Crippen LogP contribution is -2.15. The standard InChI is InChI=1S/C10H12ClNO3/c1-15-6-2-3-7(8(11)4-6)9(12)5-10(13)14/h2-4,9H,5,12H2,1H3,(H,13,14). The zero-order chi connectivity index (χ0) is 11.4. The van der Waals surface area contributed by atoms with Crippen molar-refractivity contribution in [3.8, 4) is 5.75 Å². The van der Waals surface area contributed by atoms with Crippen molar-refractivity contribution in [1.82, 2.24) is 0 Å². The first-order valence-electron chi connectivity index (χ1n) is 4.35. The number of rotatable bonds is 4. The van der Waals surface area contributed by atoms with Gasteiger partial charge in [0, 0.05) is 11.1 Å². The number of aliphatic carboxylic acids is 1. The molecule has 15 heavy (non-hydrogen) atoms. The van der Waals surface area contributed by atoms with Gasteiger partial charge in [-0.15, -0.1) is 0 Å². The molecule has 82 valence electrons. The van der Waals surface area contributed by atoms with Crippen molar-refractivity contribution in [2.45, 2.75) is 12.5 Å². The molecule has 1 atom stereocenters. The minimum absolute atomic E-state index is 0.147. The van der Waals surface area contributed by atoms with E-state index in [0.717, 1.165) is 0 Å². The van der Waals surface area contributed by atoms with E-state index in [2.05, 4.69) is 0 Å². The third kappa shape index (κ3) is 3.11. The largest absolute Gasteiger partial charge is 0.497 e. The molecular weight excluding hydrogens is 218 g/mol. The summed E-state index contributed by atoms with van der Waals surface area (Å²) in [5, 5.41) is 9.01. The highest BCUT2D eigenvalue weighted by Crippen LogP contribution is 2.27. The van der Waals surface area contributed by atoms with E-state index in [1.165, 1.54) is 7.11 Å². The maximum Gasteiger partial charge on any atom is 0.305 e. The highest BCUT2D eigenvalue weighted by atomic mass is 35.5. The van der Waals surface area contributed by atoms with Gasteiger partial charge >= 0.3 is 5.97 Å². The molecule has 1 aromatic rings. The molecule has 3 N–H and O–H groups in total. The Hall–Kier alpha value is -1.26. The second-order valence-corrected chi connectivity index (χ2v) is 3.50. The van der Waals surface area contributed by atoms with Crippen LogP contribution in [0.1, 0.15) is 18.0 Å². The lowest BCUT2D eigenvalue weighted by molar-refractivity contribution is -0.137. The molecular formula is C10H12ClNO3. The Morgan fingerprint density at radius 1 is 1.67 bits per heavy atom. The van der Waals surface area contributed by atoms with E-state index in [4.69, 9.17) is 27.2 Å². The number of halogens is 1. The molecule has 0 aliphatic rings. The van der Waals surface area contributed by atoms with Gasteiger partial charge in [-0.3, -0.25) is 4.79 Å². The molecule has 0 bridgehead atoms. The van der Waals surface area contributed by atoms with Gasteiger partial charge in [-0.25, -0.2) is 0 Å². The first-order chi connectivity index (χ1) is 7.04. The highest BCUT2D eigenvalue weighted by Gasteiger charge is 2.14. The molecule has 0 saturated heterocycles. The number of methoxy groups -OCH3 is 1. The van der Waals surface area contributed by atoms with Crippen LogP contribution in [-0.2, 0) is 4.79 Å². The lowest BCUT2D eigenvalue weighted by atomic mass is 10.0. The quantitative estimate of drug-likeness (QED) is 0.826. The summed E-state index contributed by atoms with van der Waals surface area (Å²) >= 11 is 5.93. The number of hydrogen-bond acceptors (Lipinski definition) is 3. The second-order valence-electron chi connectivity index (χ2n) is 3.09. The van der Waals surface area contributed by atoms with E-state index >= 15 is 0 Å². The zero-order valence-electron chi connectivity index (χ0n) is 8.24. The molecule has 0 fully saturated rings. The molecule has 0 radical (unpaired) electrons. The van der Waals surface area contributed by atoms with Crippen molar-refractivity contribution >= 4 is 17.6 Å². The third-order valence-electron chi connectivity index (χ3n) is 2.00. The van der Waals surface area contributed by atoms with E-state index < -0.39 is 12.0 Å². The molecule has 0 heterocycles. The van der Waals surface area contributed by atoms with E-state index in [9.17, 15) is 4.79 Å². The van der Waals surface area contributed by atoms with Gasteiger partial charge in [0.1, 0.15) is 5.75 Å². The maximum atomic E-state index is 10.5. The molecule has 0 spiro atoms. The average Bonchev–Trinajstić information content (AvgIpc) is 2.16. The van der Waals surface area contributed by atoms with E-state index in [1.54, 1.807) is 18.2 Å². The summed E-state index contributed by atoms with van der Waals surface area (Å²) in [5.41, 5.74) is 6.29. The smallest absolute Gasteiger partial charge is 0.305 e. The van der Waals surface area contributed by atoms with Crippen LogP contribution in [0, 0.1) is 0 Å². The Labute approximate surface area is 92.6 Å². The number of hydrogen-bond donors (Lipinski definition) is 2. The van der Waals surface area contributed by atoms with Crippen LogP contribution in [-0.4, -0.2) is 18.2 Å². The van der Waals surface area contributed by atoms with Crippen LogP contribution in [0.2, 0.25) is 5.02 Å². The highest BCUT2D eigenvalue weighted by molar-refractivity contribution is 6.31. The fraction of sp³-hybridized carbons (Fsp3) is 0.300. The molecule has 0 aliphatic heterocycles. The maximum absolute atomic E-state index is 10.5.